The number of amides is 4. The van der Waals surface area contributed by atoms with Crippen LogP contribution >= 0.6 is 0 Å². The van der Waals surface area contributed by atoms with Crippen molar-refractivity contribution in [3.63, 3.8) is 0 Å². The highest BCUT2D eigenvalue weighted by molar-refractivity contribution is 6.16. The van der Waals surface area contributed by atoms with E-state index in [1.165, 1.54) is 4.90 Å². The van der Waals surface area contributed by atoms with E-state index in [1.54, 1.807) is 0 Å². The van der Waals surface area contributed by atoms with E-state index < -0.39 is 11.9 Å². The Bertz CT molecular complexity index is 470. The van der Waals surface area contributed by atoms with Gasteiger partial charge < -0.3 is 0 Å². The molecule has 1 saturated heterocycles. The average molecular weight is 292 g/mol. The predicted molar refractivity (Wildman–Crippen MR) is 77.2 cm³/mol. The predicted octanol–water partition coefficient (Wildman–Crippen LogP) is 2.31. The number of hydrogen-bond acceptors (Lipinski definition) is 3. The topological polar surface area (TPSA) is 66.5 Å². The van der Waals surface area contributed by atoms with Crippen LogP contribution in [-0.2, 0) is 9.59 Å². The molecule has 3 aliphatic rings. The second-order valence-electron chi connectivity index (χ2n) is 7.01. The molecule has 1 heterocycles. The van der Waals surface area contributed by atoms with Gasteiger partial charge in [0.2, 0.25) is 11.8 Å². The Morgan fingerprint density at radius 3 is 2.24 bits per heavy atom. The molecule has 3 fully saturated rings. The molecule has 4 unspecified atom stereocenters. The number of carbonyl (C=O) groups excluding carboxylic acids is 3. The van der Waals surface area contributed by atoms with E-state index >= 15 is 0 Å². The van der Waals surface area contributed by atoms with Crippen LogP contribution in [0.3, 0.4) is 0 Å². The molecule has 1 N–H and O–H groups in total. The first kappa shape index (κ1) is 14.5. The largest absolute Gasteiger partial charge is 0.331 e. The minimum absolute atomic E-state index is 0.0514. The molecule has 1 aliphatic heterocycles. The number of nitrogens with zero attached hydrogens (tertiary/aromatic N) is 1. The molecular weight excluding hydrogens is 268 g/mol. The van der Waals surface area contributed by atoms with Gasteiger partial charge >= 0.3 is 6.03 Å². The van der Waals surface area contributed by atoms with Crippen LogP contribution in [-0.4, -0.2) is 28.8 Å². The van der Waals surface area contributed by atoms with E-state index in [0.717, 1.165) is 38.5 Å². The SMILES string of the molecule is CC1CCC(N2C(=O)NC(=O)C(C3CCCC3)C2=O)C1C. The summed E-state index contributed by atoms with van der Waals surface area (Å²) in [6, 6.07) is -0.560. The maximum Gasteiger partial charge on any atom is 0.331 e. The van der Waals surface area contributed by atoms with E-state index in [9.17, 15) is 14.4 Å². The highest BCUT2D eigenvalue weighted by Gasteiger charge is 2.49. The lowest BCUT2D eigenvalue weighted by Gasteiger charge is -2.38. The Kier molecular flexibility index (Phi) is 3.76. The van der Waals surface area contributed by atoms with Crippen LogP contribution in [0.2, 0.25) is 0 Å². The number of nitrogens with one attached hydrogen (secondary N) is 1. The second-order valence-corrected chi connectivity index (χ2v) is 7.01. The quantitative estimate of drug-likeness (QED) is 0.794. The fraction of sp³-hybridized carbons (Fsp3) is 0.812. The van der Waals surface area contributed by atoms with Crippen LogP contribution in [0.5, 0.6) is 0 Å². The summed E-state index contributed by atoms with van der Waals surface area (Å²) in [5.41, 5.74) is 0. The molecule has 0 aromatic heterocycles. The number of carbonyl (C=O) groups is 3. The summed E-state index contributed by atoms with van der Waals surface area (Å²) in [7, 11) is 0. The number of hydrogen-bond donors (Lipinski definition) is 1. The normalized spacial score (nSPS) is 38.2. The molecule has 3 rings (SSSR count). The van der Waals surface area contributed by atoms with Gasteiger partial charge in [0, 0.05) is 6.04 Å². The lowest BCUT2D eigenvalue weighted by Crippen LogP contribution is -2.62. The number of barbiturate groups is 1. The number of rotatable bonds is 2. The van der Waals surface area contributed by atoms with E-state index in [4.69, 9.17) is 0 Å². The molecule has 0 spiro atoms. The van der Waals surface area contributed by atoms with Crippen LogP contribution in [0.25, 0.3) is 0 Å². The lowest BCUT2D eigenvalue weighted by atomic mass is 9.86. The van der Waals surface area contributed by atoms with E-state index in [1.807, 2.05) is 0 Å². The zero-order valence-corrected chi connectivity index (χ0v) is 12.8. The third-order valence-electron chi connectivity index (χ3n) is 5.86. The van der Waals surface area contributed by atoms with Gasteiger partial charge in [-0.15, -0.1) is 0 Å². The lowest BCUT2D eigenvalue weighted by molar-refractivity contribution is -0.147. The van der Waals surface area contributed by atoms with Gasteiger partial charge in [-0.3, -0.25) is 19.8 Å². The van der Waals surface area contributed by atoms with E-state index in [2.05, 4.69) is 19.2 Å². The summed E-state index contributed by atoms with van der Waals surface area (Å²) in [5, 5.41) is 2.43. The summed E-state index contributed by atoms with van der Waals surface area (Å²) < 4.78 is 0. The maximum absolute atomic E-state index is 12.8. The van der Waals surface area contributed by atoms with Crippen molar-refractivity contribution in [2.75, 3.05) is 0 Å². The molecule has 0 bridgehead atoms. The smallest absolute Gasteiger partial charge is 0.277 e. The Morgan fingerprint density at radius 1 is 1.00 bits per heavy atom. The molecule has 4 atom stereocenters. The minimum Gasteiger partial charge on any atom is -0.277 e. The zero-order valence-electron chi connectivity index (χ0n) is 12.8. The van der Waals surface area contributed by atoms with Gasteiger partial charge in [0.25, 0.3) is 0 Å². The third-order valence-corrected chi connectivity index (χ3v) is 5.86. The molecule has 21 heavy (non-hydrogen) atoms. The maximum atomic E-state index is 12.8. The molecule has 0 radical (unpaired) electrons. The molecule has 5 heteroatoms. The first-order valence-electron chi connectivity index (χ1n) is 8.18. The van der Waals surface area contributed by atoms with Gasteiger partial charge in [0.1, 0.15) is 5.92 Å². The van der Waals surface area contributed by atoms with Crippen LogP contribution in [0, 0.1) is 23.7 Å². The van der Waals surface area contributed by atoms with Crippen LogP contribution in [0.1, 0.15) is 52.4 Å². The molecule has 5 nitrogen and oxygen atoms in total. The van der Waals surface area contributed by atoms with Gasteiger partial charge in [-0.05, 0) is 43.4 Å². The fourth-order valence-corrected chi connectivity index (χ4v) is 4.33. The van der Waals surface area contributed by atoms with Crippen LogP contribution < -0.4 is 5.32 Å². The summed E-state index contributed by atoms with van der Waals surface area (Å²) >= 11 is 0. The highest BCUT2D eigenvalue weighted by atomic mass is 16.2. The summed E-state index contributed by atoms with van der Waals surface area (Å²) in [4.78, 5) is 38.5. The molecule has 4 amide bonds. The average Bonchev–Trinajstić information content (AvgIpc) is 3.04. The van der Waals surface area contributed by atoms with Gasteiger partial charge in [0.15, 0.2) is 0 Å². The second kappa shape index (κ2) is 5.43. The standard InChI is InChI=1S/C16H24N2O3/c1-9-7-8-12(10(9)2)18-15(20)13(11-5-3-4-6-11)14(19)17-16(18)21/h9-13H,3-8H2,1-2H3,(H,17,19,21). The van der Waals surface area contributed by atoms with E-state index in [-0.39, 0.29) is 23.8 Å². The monoisotopic (exact) mass is 292 g/mol. The van der Waals surface area contributed by atoms with Crippen LogP contribution in [0.4, 0.5) is 4.79 Å². The number of imide groups is 2. The van der Waals surface area contributed by atoms with Crippen LogP contribution in [0.15, 0.2) is 0 Å². The Balaban J connectivity index is 1.84. The van der Waals surface area contributed by atoms with Crippen molar-refractivity contribution in [1.29, 1.82) is 0 Å². The molecule has 0 aromatic rings. The summed E-state index contributed by atoms with van der Waals surface area (Å²) in [6.45, 7) is 4.26. The molecular formula is C16H24N2O3. The third kappa shape index (κ3) is 2.36. The molecule has 0 aromatic carbocycles. The van der Waals surface area contributed by atoms with Crippen molar-refractivity contribution in [2.24, 2.45) is 23.7 Å². The van der Waals surface area contributed by atoms with Crippen molar-refractivity contribution in [3.05, 3.63) is 0 Å². The number of urea groups is 1. The first-order chi connectivity index (χ1) is 10.0. The Hall–Kier alpha value is -1.39. The van der Waals surface area contributed by atoms with Crippen molar-refractivity contribution < 1.29 is 14.4 Å². The first-order valence-corrected chi connectivity index (χ1v) is 8.18. The Morgan fingerprint density at radius 2 is 1.67 bits per heavy atom. The van der Waals surface area contributed by atoms with Gasteiger partial charge in [-0.1, -0.05) is 26.7 Å². The van der Waals surface area contributed by atoms with Gasteiger partial charge in [0.05, 0.1) is 0 Å². The van der Waals surface area contributed by atoms with Crippen molar-refractivity contribution in [1.82, 2.24) is 10.2 Å². The molecule has 2 aliphatic carbocycles. The highest BCUT2D eigenvalue weighted by Crippen LogP contribution is 2.39. The Labute approximate surface area is 125 Å². The van der Waals surface area contributed by atoms with Gasteiger partial charge in [-0.25, -0.2) is 4.79 Å². The van der Waals surface area contributed by atoms with E-state index in [0.29, 0.717) is 11.8 Å². The molecule has 116 valence electrons. The molecule has 2 saturated carbocycles. The zero-order chi connectivity index (χ0) is 15.1. The minimum atomic E-state index is -0.645. The van der Waals surface area contributed by atoms with Crippen molar-refractivity contribution in [2.45, 2.75) is 58.4 Å². The summed E-state index contributed by atoms with van der Waals surface area (Å²) in [5.74, 6) is -0.348. The summed E-state index contributed by atoms with van der Waals surface area (Å²) in [6.07, 6.45) is 5.88. The van der Waals surface area contributed by atoms with Gasteiger partial charge in [-0.2, -0.15) is 0 Å². The fourth-order valence-electron chi connectivity index (χ4n) is 4.33. The van der Waals surface area contributed by atoms with Crippen molar-refractivity contribution in [3.8, 4) is 0 Å². The van der Waals surface area contributed by atoms with Crippen molar-refractivity contribution >= 4 is 17.8 Å².